The highest BCUT2D eigenvalue weighted by Crippen LogP contribution is 2.26. The van der Waals surface area contributed by atoms with Gasteiger partial charge in [-0.25, -0.2) is 4.79 Å². The van der Waals surface area contributed by atoms with Crippen LogP contribution in [0.2, 0.25) is 0 Å². The van der Waals surface area contributed by atoms with Gasteiger partial charge in [0.15, 0.2) is 0 Å². The van der Waals surface area contributed by atoms with Crippen molar-refractivity contribution in [1.82, 2.24) is 10.6 Å². The molecule has 0 aliphatic carbocycles. The highest BCUT2D eigenvalue weighted by molar-refractivity contribution is 5.76. The smallest absolute Gasteiger partial charge is 0.312 e. The Morgan fingerprint density at radius 2 is 1.68 bits per heavy atom. The van der Waals surface area contributed by atoms with Crippen molar-refractivity contribution in [2.75, 3.05) is 6.54 Å². The maximum Gasteiger partial charge on any atom is 0.312 e. The van der Waals surface area contributed by atoms with Crippen molar-refractivity contribution in [3.05, 3.63) is 35.4 Å². The Labute approximate surface area is 151 Å². The molecule has 1 unspecified atom stereocenters. The van der Waals surface area contributed by atoms with Gasteiger partial charge in [0, 0.05) is 13.0 Å². The van der Waals surface area contributed by atoms with Crippen LogP contribution < -0.4 is 16.4 Å². The minimum absolute atomic E-state index is 0.00487. The third-order valence-electron chi connectivity index (χ3n) is 4.25. The molecule has 5 nitrogen and oxygen atoms in total. The minimum Gasteiger partial charge on any atom is -0.352 e. The van der Waals surface area contributed by atoms with Crippen molar-refractivity contribution in [2.24, 2.45) is 11.7 Å². The topological polar surface area (TPSA) is 84.2 Å². The first-order valence-corrected chi connectivity index (χ1v) is 9.04. The monoisotopic (exact) mass is 347 g/mol. The molecule has 1 rings (SSSR count). The molecule has 1 atom stereocenters. The number of benzene rings is 1. The summed E-state index contributed by atoms with van der Waals surface area (Å²) in [7, 11) is 0. The van der Waals surface area contributed by atoms with Crippen molar-refractivity contribution >= 4 is 11.9 Å². The summed E-state index contributed by atoms with van der Waals surface area (Å²) in [6.07, 6.45) is 1.91. The largest absolute Gasteiger partial charge is 0.352 e. The Bertz CT molecular complexity index is 559. The summed E-state index contributed by atoms with van der Waals surface area (Å²) in [4.78, 5) is 22.8. The van der Waals surface area contributed by atoms with Gasteiger partial charge in [0.25, 0.3) is 0 Å². The lowest BCUT2D eigenvalue weighted by Crippen LogP contribution is -2.32. The second kappa shape index (κ2) is 9.44. The second-order valence-corrected chi connectivity index (χ2v) is 7.91. The Kier molecular flexibility index (Phi) is 7.94. The third-order valence-corrected chi connectivity index (χ3v) is 4.25. The first-order valence-electron chi connectivity index (χ1n) is 9.04. The summed E-state index contributed by atoms with van der Waals surface area (Å²) < 4.78 is 0. The van der Waals surface area contributed by atoms with Crippen LogP contribution in [0, 0.1) is 5.92 Å². The maximum atomic E-state index is 12.2. The van der Waals surface area contributed by atoms with Gasteiger partial charge in [0.2, 0.25) is 5.91 Å². The lowest BCUT2D eigenvalue weighted by atomic mass is 9.85. The van der Waals surface area contributed by atoms with E-state index in [1.54, 1.807) is 0 Å². The van der Waals surface area contributed by atoms with Gasteiger partial charge in [-0.15, -0.1) is 0 Å². The van der Waals surface area contributed by atoms with E-state index >= 15 is 0 Å². The van der Waals surface area contributed by atoms with Gasteiger partial charge in [-0.1, -0.05) is 58.9 Å². The Balaban J connectivity index is 2.59. The molecule has 25 heavy (non-hydrogen) atoms. The van der Waals surface area contributed by atoms with E-state index in [2.05, 4.69) is 69.5 Å². The number of rotatable bonds is 8. The van der Waals surface area contributed by atoms with Crippen LogP contribution in [0.25, 0.3) is 0 Å². The highest BCUT2D eigenvalue weighted by Gasteiger charge is 2.19. The van der Waals surface area contributed by atoms with Crippen LogP contribution >= 0.6 is 0 Å². The maximum absolute atomic E-state index is 12.2. The molecular weight excluding hydrogens is 314 g/mol. The predicted molar refractivity (Wildman–Crippen MR) is 102 cm³/mol. The summed E-state index contributed by atoms with van der Waals surface area (Å²) in [5.41, 5.74) is 7.54. The molecule has 0 saturated carbocycles. The highest BCUT2D eigenvalue weighted by atomic mass is 16.2. The molecule has 5 heteroatoms. The first-order chi connectivity index (χ1) is 11.6. The second-order valence-electron chi connectivity index (χ2n) is 7.91. The fourth-order valence-electron chi connectivity index (χ4n) is 2.69. The molecule has 4 N–H and O–H groups in total. The number of urea groups is 1. The number of carbonyl (C=O) groups is 2. The quantitative estimate of drug-likeness (QED) is 0.627. The van der Waals surface area contributed by atoms with E-state index in [4.69, 9.17) is 5.73 Å². The number of nitrogens with one attached hydrogen (secondary N) is 2. The number of nitrogens with two attached hydrogens (primary N) is 1. The van der Waals surface area contributed by atoms with E-state index in [9.17, 15) is 9.59 Å². The number of amides is 3. The summed E-state index contributed by atoms with van der Waals surface area (Å²) in [5, 5.41) is 5.67. The summed E-state index contributed by atoms with van der Waals surface area (Å²) in [6.45, 7) is 11.3. The molecule has 0 heterocycles. The van der Waals surface area contributed by atoms with Gasteiger partial charge in [-0.2, -0.15) is 0 Å². The van der Waals surface area contributed by atoms with Crippen LogP contribution in [0.15, 0.2) is 24.3 Å². The van der Waals surface area contributed by atoms with Crippen LogP contribution in [0.1, 0.15) is 71.0 Å². The van der Waals surface area contributed by atoms with E-state index in [0.29, 0.717) is 18.9 Å². The molecule has 0 bridgehead atoms. The minimum atomic E-state index is -0.525. The zero-order chi connectivity index (χ0) is 19.0. The van der Waals surface area contributed by atoms with Crippen LogP contribution in [0.5, 0.6) is 0 Å². The summed E-state index contributed by atoms with van der Waals surface area (Å²) in [6, 6.07) is 8.00. The lowest BCUT2D eigenvalue weighted by molar-refractivity contribution is -0.122. The number of carbonyl (C=O) groups excluding carboxylic acids is 2. The third kappa shape index (κ3) is 7.59. The van der Waals surface area contributed by atoms with Crippen LogP contribution in [-0.2, 0) is 10.2 Å². The SMILES string of the molecule is CC(C)C(NC(=O)CCCCNC(N)=O)c1ccc(C(C)(C)C)cc1. The van der Waals surface area contributed by atoms with Gasteiger partial charge in [0.1, 0.15) is 0 Å². The van der Waals surface area contributed by atoms with Crippen molar-refractivity contribution in [2.45, 2.75) is 65.3 Å². The van der Waals surface area contributed by atoms with E-state index in [-0.39, 0.29) is 17.4 Å². The Hall–Kier alpha value is -2.04. The molecule has 1 aromatic rings. The predicted octanol–water partition coefficient (Wildman–Crippen LogP) is 3.64. The molecular formula is C20H33N3O2. The average Bonchev–Trinajstić information content (AvgIpc) is 2.51. The van der Waals surface area contributed by atoms with Gasteiger partial charge in [0.05, 0.1) is 6.04 Å². The molecule has 0 fully saturated rings. The van der Waals surface area contributed by atoms with Crippen LogP contribution in [0.4, 0.5) is 4.79 Å². The molecule has 0 aliphatic heterocycles. The standard InChI is InChI=1S/C20H33N3O2/c1-14(2)18(15-9-11-16(12-10-15)20(3,4)5)23-17(24)8-6-7-13-22-19(21)25/h9-12,14,18H,6-8,13H2,1-5H3,(H,23,24)(H3,21,22,25). The molecule has 0 aliphatic rings. The molecule has 140 valence electrons. The molecule has 0 spiro atoms. The Morgan fingerprint density at radius 3 is 2.16 bits per heavy atom. The first kappa shape index (κ1) is 21.0. The fraction of sp³-hybridized carbons (Fsp3) is 0.600. The Morgan fingerprint density at radius 1 is 1.08 bits per heavy atom. The normalized spacial score (nSPS) is 12.7. The number of primary amides is 1. The zero-order valence-electron chi connectivity index (χ0n) is 16.2. The van der Waals surface area contributed by atoms with Crippen LogP contribution in [0.3, 0.4) is 0 Å². The van der Waals surface area contributed by atoms with Gasteiger partial charge >= 0.3 is 6.03 Å². The van der Waals surface area contributed by atoms with Gasteiger partial charge < -0.3 is 16.4 Å². The number of hydrogen-bond acceptors (Lipinski definition) is 2. The van der Waals surface area contributed by atoms with E-state index in [1.165, 1.54) is 5.56 Å². The zero-order valence-corrected chi connectivity index (χ0v) is 16.2. The summed E-state index contributed by atoms with van der Waals surface area (Å²) in [5.74, 6) is 0.346. The van der Waals surface area contributed by atoms with Crippen LogP contribution in [-0.4, -0.2) is 18.5 Å². The molecule has 0 aromatic heterocycles. The fourth-order valence-corrected chi connectivity index (χ4v) is 2.69. The summed E-state index contributed by atoms with van der Waals surface area (Å²) >= 11 is 0. The average molecular weight is 348 g/mol. The lowest BCUT2D eigenvalue weighted by Gasteiger charge is -2.25. The van der Waals surface area contributed by atoms with Gasteiger partial charge in [-0.05, 0) is 35.3 Å². The molecule has 0 saturated heterocycles. The van der Waals surface area contributed by atoms with Crippen molar-refractivity contribution < 1.29 is 9.59 Å². The van der Waals surface area contributed by atoms with E-state index in [0.717, 1.165) is 18.4 Å². The van der Waals surface area contributed by atoms with Crippen molar-refractivity contribution in [1.29, 1.82) is 0 Å². The van der Waals surface area contributed by atoms with Crippen molar-refractivity contribution in [3.63, 3.8) is 0 Å². The van der Waals surface area contributed by atoms with Gasteiger partial charge in [-0.3, -0.25) is 4.79 Å². The van der Waals surface area contributed by atoms with E-state index in [1.807, 2.05) is 0 Å². The number of hydrogen-bond donors (Lipinski definition) is 3. The van der Waals surface area contributed by atoms with Crippen molar-refractivity contribution in [3.8, 4) is 0 Å². The van der Waals surface area contributed by atoms with E-state index < -0.39 is 6.03 Å². The molecule has 1 aromatic carbocycles. The number of unbranched alkanes of at least 4 members (excludes halogenated alkanes) is 1. The molecule has 3 amide bonds. The molecule has 0 radical (unpaired) electrons.